The predicted octanol–water partition coefficient (Wildman–Crippen LogP) is 1.17. The van der Waals surface area contributed by atoms with Gasteiger partial charge in [-0.25, -0.2) is 10.8 Å². The molecule has 0 radical (unpaired) electrons. The molecular weight excluding hydrogens is 236 g/mol. The zero-order valence-electron chi connectivity index (χ0n) is 9.93. The molecular formula is C11H20N4OS. The molecule has 1 aromatic rings. The Hall–Kier alpha value is -0.690. The van der Waals surface area contributed by atoms with Gasteiger partial charge in [-0.3, -0.25) is 10.3 Å². The van der Waals surface area contributed by atoms with Crippen LogP contribution in [0.5, 0.6) is 0 Å². The lowest BCUT2D eigenvalue weighted by atomic mass is 9.91. The largest absolute Gasteiger partial charge is 0.396 e. The summed E-state index contributed by atoms with van der Waals surface area (Å²) in [5.41, 5.74) is 2.57. The van der Waals surface area contributed by atoms with Gasteiger partial charge in [-0.15, -0.1) is 0 Å². The minimum Gasteiger partial charge on any atom is -0.396 e. The summed E-state index contributed by atoms with van der Waals surface area (Å²) >= 11 is 1.60. The third-order valence-electron chi connectivity index (χ3n) is 3.23. The molecule has 0 aliphatic heterocycles. The van der Waals surface area contributed by atoms with Crippen LogP contribution in [-0.2, 0) is 6.54 Å². The highest BCUT2D eigenvalue weighted by atomic mass is 32.1. The van der Waals surface area contributed by atoms with Gasteiger partial charge >= 0.3 is 0 Å². The number of nitrogens with two attached hydrogens (primary N) is 1. The van der Waals surface area contributed by atoms with Crippen LogP contribution >= 0.6 is 11.3 Å². The Morgan fingerprint density at radius 1 is 1.59 bits per heavy atom. The van der Waals surface area contributed by atoms with Crippen molar-refractivity contribution >= 4 is 16.5 Å². The van der Waals surface area contributed by atoms with Crippen LogP contribution in [0.4, 0.5) is 5.13 Å². The normalized spacial score (nSPS) is 16.2. The van der Waals surface area contributed by atoms with Gasteiger partial charge in [0, 0.05) is 36.8 Å². The van der Waals surface area contributed by atoms with Crippen LogP contribution in [-0.4, -0.2) is 34.2 Å². The number of hydrazine groups is 1. The first-order valence-electron chi connectivity index (χ1n) is 6.09. The van der Waals surface area contributed by atoms with Crippen molar-refractivity contribution < 1.29 is 5.11 Å². The number of thiazole rings is 1. The number of hydrogen-bond acceptors (Lipinski definition) is 6. The number of nitrogen functional groups attached to an aromatic ring is 1. The lowest BCUT2D eigenvalue weighted by Gasteiger charge is -2.37. The molecule has 5 nitrogen and oxygen atoms in total. The number of hydrogen-bond donors (Lipinski definition) is 3. The summed E-state index contributed by atoms with van der Waals surface area (Å²) < 4.78 is 0. The van der Waals surface area contributed by atoms with E-state index < -0.39 is 0 Å². The summed E-state index contributed by atoms with van der Waals surface area (Å²) in [6.07, 6.45) is 6.62. The van der Waals surface area contributed by atoms with Crippen LogP contribution in [0.25, 0.3) is 0 Å². The van der Waals surface area contributed by atoms with Gasteiger partial charge in [0.1, 0.15) is 0 Å². The van der Waals surface area contributed by atoms with Crippen molar-refractivity contribution in [1.82, 2.24) is 9.88 Å². The fourth-order valence-electron chi connectivity index (χ4n) is 2.06. The maximum atomic E-state index is 8.93. The number of anilines is 1. The summed E-state index contributed by atoms with van der Waals surface area (Å²) in [5, 5.41) is 9.69. The van der Waals surface area contributed by atoms with E-state index in [9.17, 15) is 0 Å². The van der Waals surface area contributed by atoms with Crippen LogP contribution in [0, 0.1) is 0 Å². The first kappa shape index (κ1) is 12.8. The quantitative estimate of drug-likeness (QED) is 0.504. The molecule has 1 heterocycles. The molecule has 0 amide bonds. The number of aliphatic hydroxyl groups is 1. The van der Waals surface area contributed by atoms with E-state index in [0.717, 1.165) is 24.6 Å². The van der Waals surface area contributed by atoms with Crippen molar-refractivity contribution in [2.24, 2.45) is 5.84 Å². The van der Waals surface area contributed by atoms with Gasteiger partial charge in [0.25, 0.3) is 0 Å². The minimum absolute atomic E-state index is 0.265. The Labute approximate surface area is 106 Å². The number of rotatable bonds is 7. The van der Waals surface area contributed by atoms with Crippen molar-refractivity contribution in [3.05, 3.63) is 11.1 Å². The molecule has 0 atom stereocenters. The molecule has 0 bridgehead atoms. The fourth-order valence-corrected chi connectivity index (χ4v) is 2.81. The van der Waals surface area contributed by atoms with Crippen molar-refractivity contribution in [1.29, 1.82) is 0 Å². The summed E-state index contributed by atoms with van der Waals surface area (Å²) in [5.74, 6) is 5.32. The van der Waals surface area contributed by atoms with Gasteiger partial charge in [0.15, 0.2) is 5.13 Å². The number of nitrogens with zero attached hydrogens (tertiary/aromatic N) is 2. The van der Waals surface area contributed by atoms with Gasteiger partial charge in [0.05, 0.1) is 0 Å². The van der Waals surface area contributed by atoms with Crippen molar-refractivity contribution in [3.63, 3.8) is 0 Å². The van der Waals surface area contributed by atoms with E-state index in [1.165, 1.54) is 24.1 Å². The monoisotopic (exact) mass is 256 g/mol. The maximum Gasteiger partial charge on any atom is 0.197 e. The lowest BCUT2D eigenvalue weighted by Crippen LogP contribution is -2.40. The highest BCUT2D eigenvalue weighted by molar-refractivity contribution is 7.15. The molecule has 0 spiro atoms. The highest BCUT2D eigenvalue weighted by Crippen LogP contribution is 2.28. The Kier molecular flexibility index (Phi) is 4.73. The van der Waals surface area contributed by atoms with Crippen molar-refractivity contribution in [2.75, 3.05) is 18.6 Å². The third kappa shape index (κ3) is 3.38. The molecule has 1 fully saturated rings. The molecule has 1 aromatic heterocycles. The Bertz CT molecular complexity index is 340. The van der Waals surface area contributed by atoms with Crippen LogP contribution in [0.1, 0.15) is 30.6 Å². The number of nitrogens with one attached hydrogen (secondary N) is 1. The van der Waals surface area contributed by atoms with Gasteiger partial charge in [0.2, 0.25) is 0 Å². The standard InChI is InChI=1S/C11H20N4OS/c12-14-11-13-7-10(17-11)8-15(5-2-6-16)9-3-1-4-9/h7,9,16H,1-6,8,12H2,(H,13,14). The van der Waals surface area contributed by atoms with E-state index >= 15 is 0 Å². The second-order valence-electron chi connectivity index (χ2n) is 4.41. The van der Waals surface area contributed by atoms with E-state index in [4.69, 9.17) is 10.9 Å². The molecule has 6 heteroatoms. The first-order valence-corrected chi connectivity index (χ1v) is 6.91. The Morgan fingerprint density at radius 2 is 2.41 bits per heavy atom. The van der Waals surface area contributed by atoms with Gasteiger partial charge in [-0.1, -0.05) is 17.8 Å². The minimum atomic E-state index is 0.265. The van der Waals surface area contributed by atoms with Gasteiger partial charge in [-0.2, -0.15) is 0 Å². The highest BCUT2D eigenvalue weighted by Gasteiger charge is 2.24. The molecule has 2 rings (SSSR count). The average Bonchev–Trinajstić information content (AvgIpc) is 2.71. The number of aromatic nitrogens is 1. The van der Waals surface area contributed by atoms with E-state index in [-0.39, 0.29) is 6.61 Å². The van der Waals surface area contributed by atoms with Crippen LogP contribution in [0.2, 0.25) is 0 Å². The molecule has 0 saturated heterocycles. The lowest BCUT2D eigenvalue weighted by molar-refractivity contribution is 0.110. The van der Waals surface area contributed by atoms with Crippen LogP contribution in [0.3, 0.4) is 0 Å². The molecule has 0 aromatic carbocycles. The topological polar surface area (TPSA) is 74.4 Å². The van der Waals surface area contributed by atoms with Gasteiger partial charge in [-0.05, 0) is 19.3 Å². The summed E-state index contributed by atoms with van der Waals surface area (Å²) in [4.78, 5) is 7.85. The summed E-state index contributed by atoms with van der Waals surface area (Å²) in [6, 6.07) is 0.693. The van der Waals surface area contributed by atoms with E-state index in [1.807, 2.05) is 6.20 Å². The van der Waals surface area contributed by atoms with E-state index in [1.54, 1.807) is 11.3 Å². The zero-order chi connectivity index (χ0) is 12.1. The first-order chi connectivity index (χ1) is 8.33. The maximum absolute atomic E-state index is 8.93. The second-order valence-corrected chi connectivity index (χ2v) is 5.52. The molecule has 96 valence electrons. The Balaban J connectivity index is 1.90. The molecule has 1 saturated carbocycles. The smallest absolute Gasteiger partial charge is 0.197 e. The summed E-state index contributed by atoms with van der Waals surface area (Å²) in [7, 11) is 0. The zero-order valence-corrected chi connectivity index (χ0v) is 10.7. The fraction of sp³-hybridized carbons (Fsp3) is 0.727. The van der Waals surface area contributed by atoms with E-state index in [2.05, 4.69) is 15.3 Å². The van der Waals surface area contributed by atoms with Gasteiger partial charge < -0.3 is 5.11 Å². The van der Waals surface area contributed by atoms with Crippen molar-refractivity contribution in [3.8, 4) is 0 Å². The third-order valence-corrected chi connectivity index (χ3v) is 4.14. The predicted molar refractivity (Wildman–Crippen MR) is 69.7 cm³/mol. The van der Waals surface area contributed by atoms with E-state index in [0.29, 0.717) is 6.04 Å². The SMILES string of the molecule is NNc1ncc(CN(CCCO)C2CCC2)s1. The molecule has 1 aliphatic rings. The molecule has 4 N–H and O–H groups in total. The average molecular weight is 256 g/mol. The summed E-state index contributed by atoms with van der Waals surface area (Å²) in [6.45, 7) is 2.15. The molecule has 17 heavy (non-hydrogen) atoms. The Morgan fingerprint density at radius 3 is 2.94 bits per heavy atom. The number of aliphatic hydroxyl groups excluding tert-OH is 1. The molecule has 0 unspecified atom stereocenters. The van der Waals surface area contributed by atoms with Crippen LogP contribution in [0.15, 0.2) is 6.20 Å². The van der Waals surface area contributed by atoms with Crippen molar-refractivity contribution in [2.45, 2.75) is 38.3 Å². The molecule has 1 aliphatic carbocycles. The second kappa shape index (κ2) is 6.30. The van der Waals surface area contributed by atoms with Crippen LogP contribution < -0.4 is 11.3 Å².